The number of nitrogens with one attached hydrogen (secondary N) is 2. The summed E-state index contributed by atoms with van der Waals surface area (Å²) in [6.07, 6.45) is 6.03. The van der Waals surface area contributed by atoms with E-state index >= 15 is 0 Å². The van der Waals surface area contributed by atoms with Crippen molar-refractivity contribution in [3.8, 4) is 0 Å². The van der Waals surface area contributed by atoms with E-state index in [1.807, 2.05) is 12.3 Å². The van der Waals surface area contributed by atoms with E-state index in [1.165, 1.54) is 0 Å². The molecule has 0 bridgehead atoms. The molecule has 2 aliphatic rings. The van der Waals surface area contributed by atoms with Crippen LogP contribution in [0.1, 0.15) is 6.42 Å². The number of carbonyl (C=O) groups excluding carboxylic acids is 1. The highest BCUT2D eigenvalue weighted by atomic mass is 16.7. The highest BCUT2D eigenvalue weighted by molar-refractivity contribution is 5.88. The van der Waals surface area contributed by atoms with Gasteiger partial charge in [0.05, 0.1) is 5.57 Å². The number of rotatable bonds is 2. The van der Waals surface area contributed by atoms with Gasteiger partial charge in [0.25, 0.3) is 0 Å². The van der Waals surface area contributed by atoms with Gasteiger partial charge in [0, 0.05) is 38.8 Å². The van der Waals surface area contributed by atoms with E-state index in [0.717, 1.165) is 26.2 Å². The Balaban J connectivity index is 1.83. The van der Waals surface area contributed by atoms with Gasteiger partial charge in [-0.1, -0.05) is 6.08 Å². The van der Waals surface area contributed by atoms with Gasteiger partial charge in [0.1, 0.15) is 0 Å². The third kappa shape index (κ3) is 2.81. The normalized spacial score (nSPS) is 21.7. The molecule has 0 aromatic carbocycles. The smallest absolute Gasteiger partial charge is 0.354 e. The summed E-state index contributed by atoms with van der Waals surface area (Å²) in [7, 11) is 0. The van der Waals surface area contributed by atoms with Gasteiger partial charge in [-0.15, -0.1) is 5.06 Å². The van der Waals surface area contributed by atoms with Crippen LogP contribution in [0.5, 0.6) is 0 Å². The number of piperazine rings is 1. The standard InChI is InChI=1S/C10H15N3O2/c14-10(9-2-1-3-12-8-9)15-13-6-4-11-5-7-13/h1,3,8,11-12H,2,4-7H2. The fourth-order valence-corrected chi connectivity index (χ4v) is 1.52. The third-order valence-corrected chi connectivity index (χ3v) is 2.36. The van der Waals surface area contributed by atoms with Crippen molar-refractivity contribution in [3.63, 3.8) is 0 Å². The molecule has 0 aromatic rings. The lowest BCUT2D eigenvalue weighted by Crippen LogP contribution is -2.44. The van der Waals surface area contributed by atoms with Gasteiger partial charge >= 0.3 is 5.97 Å². The largest absolute Gasteiger partial charge is 0.367 e. The van der Waals surface area contributed by atoms with E-state index in [2.05, 4.69) is 10.6 Å². The molecule has 82 valence electrons. The summed E-state index contributed by atoms with van der Waals surface area (Å²) >= 11 is 0. The number of hydrogen-bond acceptors (Lipinski definition) is 5. The Labute approximate surface area is 88.7 Å². The lowest BCUT2D eigenvalue weighted by molar-refractivity contribution is -0.187. The molecule has 2 heterocycles. The summed E-state index contributed by atoms with van der Waals surface area (Å²) in [4.78, 5) is 16.9. The Morgan fingerprint density at radius 1 is 1.40 bits per heavy atom. The Morgan fingerprint density at radius 3 is 2.87 bits per heavy atom. The first kappa shape index (κ1) is 10.2. The van der Waals surface area contributed by atoms with E-state index in [1.54, 1.807) is 11.3 Å². The second-order valence-electron chi connectivity index (χ2n) is 3.50. The summed E-state index contributed by atoms with van der Waals surface area (Å²) in [5, 5.41) is 7.78. The van der Waals surface area contributed by atoms with E-state index in [4.69, 9.17) is 4.84 Å². The van der Waals surface area contributed by atoms with Crippen LogP contribution in [0.2, 0.25) is 0 Å². The fraction of sp³-hybridized carbons (Fsp3) is 0.500. The van der Waals surface area contributed by atoms with E-state index in [9.17, 15) is 4.79 Å². The molecule has 0 spiro atoms. The molecule has 1 fully saturated rings. The SMILES string of the molecule is O=C(ON1CCNCC1)C1=CNC=CC1. The first-order valence-electron chi connectivity index (χ1n) is 5.14. The molecule has 0 unspecified atom stereocenters. The fourth-order valence-electron chi connectivity index (χ4n) is 1.52. The van der Waals surface area contributed by atoms with Crippen molar-refractivity contribution in [1.82, 2.24) is 15.7 Å². The first-order chi connectivity index (χ1) is 7.36. The number of hydrogen-bond donors (Lipinski definition) is 2. The predicted molar refractivity (Wildman–Crippen MR) is 55.5 cm³/mol. The molecule has 15 heavy (non-hydrogen) atoms. The van der Waals surface area contributed by atoms with Crippen molar-refractivity contribution in [3.05, 3.63) is 24.0 Å². The van der Waals surface area contributed by atoms with Gasteiger partial charge < -0.3 is 15.5 Å². The Bertz CT molecular complexity index is 293. The molecule has 0 aliphatic carbocycles. The van der Waals surface area contributed by atoms with Gasteiger partial charge in [-0.05, 0) is 6.20 Å². The molecule has 0 saturated carbocycles. The number of allylic oxidation sites excluding steroid dienone is 1. The molecule has 0 aromatic heterocycles. The van der Waals surface area contributed by atoms with Crippen LogP contribution in [0.25, 0.3) is 0 Å². The van der Waals surface area contributed by atoms with E-state index in [-0.39, 0.29) is 5.97 Å². The van der Waals surface area contributed by atoms with Crippen LogP contribution in [0, 0.1) is 0 Å². The quantitative estimate of drug-likeness (QED) is 0.656. The molecule has 5 heteroatoms. The van der Waals surface area contributed by atoms with Crippen LogP contribution in [-0.4, -0.2) is 37.2 Å². The molecule has 0 amide bonds. The average Bonchev–Trinajstić information content (AvgIpc) is 2.31. The van der Waals surface area contributed by atoms with Crippen molar-refractivity contribution in [1.29, 1.82) is 0 Å². The second kappa shape index (κ2) is 4.95. The van der Waals surface area contributed by atoms with Crippen LogP contribution in [-0.2, 0) is 9.63 Å². The van der Waals surface area contributed by atoms with Crippen LogP contribution in [0.3, 0.4) is 0 Å². The van der Waals surface area contributed by atoms with Gasteiger partial charge in [-0.3, -0.25) is 0 Å². The maximum absolute atomic E-state index is 11.6. The molecular formula is C10H15N3O2. The van der Waals surface area contributed by atoms with Gasteiger partial charge in [-0.25, -0.2) is 4.79 Å². The summed E-state index contributed by atoms with van der Waals surface area (Å²) in [6, 6.07) is 0. The average molecular weight is 209 g/mol. The predicted octanol–water partition coefficient (Wildman–Crippen LogP) is -0.259. The molecule has 2 rings (SSSR count). The Kier molecular flexibility index (Phi) is 3.37. The molecule has 2 aliphatic heterocycles. The summed E-state index contributed by atoms with van der Waals surface area (Å²) in [5.41, 5.74) is 0.663. The summed E-state index contributed by atoms with van der Waals surface area (Å²) in [6.45, 7) is 3.24. The Morgan fingerprint density at radius 2 is 2.20 bits per heavy atom. The van der Waals surface area contributed by atoms with Crippen molar-refractivity contribution in [2.75, 3.05) is 26.2 Å². The second-order valence-corrected chi connectivity index (χ2v) is 3.50. The van der Waals surface area contributed by atoms with E-state index < -0.39 is 0 Å². The van der Waals surface area contributed by atoms with E-state index in [0.29, 0.717) is 12.0 Å². The van der Waals surface area contributed by atoms with Crippen molar-refractivity contribution >= 4 is 5.97 Å². The minimum atomic E-state index is -0.256. The number of dihydropyridines is 1. The van der Waals surface area contributed by atoms with Crippen molar-refractivity contribution in [2.24, 2.45) is 0 Å². The van der Waals surface area contributed by atoms with Crippen molar-refractivity contribution < 1.29 is 9.63 Å². The zero-order valence-corrected chi connectivity index (χ0v) is 8.53. The molecule has 0 atom stereocenters. The molecule has 0 radical (unpaired) electrons. The lowest BCUT2D eigenvalue weighted by Gasteiger charge is -2.26. The molecule has 2 N–H and O–H groups in total. The van der Waals surface area contributed by atoms with Crippen LogP contribution in [0.4, 0.5) is 0 Å². The molecular weight excluding hydrogens is 194 g/mol. The van der Waals surface area contributed by atoms with Gasteiger partial charge in [-0.2, -0.15) is 0 Å². The molecule has 1 saturated heterocycles. The third-order valence-electron chi connectivity index (χ3n) is 2.36. The first-order valence-corrected chi connectivity index (χ1v) is 5.14. The van der Waals surface area contributed by atoms with Crippen molar-refractivity contribution in [2.45, 2.75) is 6.42 Å². The maximum atomic E-state index is 11.6. The van der Waals surface area contributed by atoms with Crippen LogP contribution >= 0.6 is 0 Å². The Hall–Kier alpha value is -1.33. The number of hydroxylamine groups is 2. The zero-order valence-electron chi connectivity index (χ0n) is 8.53. The number of nitrogens with zero attached hydrogens (tertiary/aromatic N) is 1. The maximum Gasteiger partial charge on any atom is 0.354 e. The topological polar surface area (TPSA) is 53.6 Å². The molecule has 5 nitrogen and oxygen atoms in total. The highest BCUT2D eigenvalue weighted by Crippen LogP contribution is 2.09. The number of carbonyl (C=O) groups is 1. The zero-order chi connectivity index (χ0) is 10.5. The van der Waals surface area contributed by atoms with Gasteiger partial charge in [0.2, 0.25) is 0 Å². The lowest BCUT2D eigenvalue weighted by atomic mass is 10.2. The summed E-state index contributed by atoms with van der Waals surface area (Å²) < 4.78 is 0. The van der Waals surface area contributed by atoms with Gasteiger partial charge in [0.15, 0.2) is 0 Å². The minimum absolute atomic E-state index is 0.256. The van der Waals surface area contributed by atoms with Crippen LogP contribution in [0.15, 0.2) is 24.0 Å². The minimum Gasteiger partial charge on any atom is -0.367 e. The van der Waals surface area contributed by atoms with Crippen LogP contribution < -0.4 is 10.6 Å². The summed E-state index contributed by atoms with van der Waals surface area (Å²) in [5.74, 6) is -0.256. The monoisotopic (exact) mass is 209 g/mol. The highest BCUT2D eigenvalue weighted by Gasteiger charge is 2.17.